The fourth-order valence-corrected chi connectivity index (χ4v) is 6.92. The molecule has 2 aliphatic rings. The number of fused-ring (bicyclic) bond motifs is 1. The van der Waals surface area contributed by atoms with E-state index in [0.29, 0.717) is 41.9 Å². The number of sulfonamides is 1. The number of carboxylic acid groups (broad SMARTS) is 1. The summed E-state index contributed by atoms with van der Waals surface area (Å²) in [5.41, 5.74) is 10.1. The van der Waals surface area contributed by atoms with Crippen molar-refractivity contribution in [1.29, 1.82) is 0 Å². The van der Waals surface area contributed by atoms with Crippen LogP contribution in [0.25, 0.3) is 0 Å². The number of nitrogens with zero attached hydrogens (tertiary/aromatic N) is 2. The van der Waals surface area contributed by atoms with Crippen molar-refractivity contribution in [1.82, 2.24) is 9.62 Å². The van der Waals surface area contributed by atoms with Crippen LogP contribution in [0.15, 0.2) is 108 Å². The standard InChI is InChI=1S/C33H31N5O5S.C2HF3O2/c34-28(19-22-7-3-1-4-8-22)31(39)35-26-13-11-24(12-14-26)32(40)37-18-17-25-20-27(15-16-30(25)37)44(42,43)38-21-29(36-33(38)41)23-9-5-2-6-10-23;3-2(4,5)1(6)7/h1-16,20,28-29H,17-19,21,34H2,(H,35,39)(H,36,41);(H,6,7)/t28-,29+;/m0./s1. The van der Waals surface area contributed by atoms with Gasteiger partial charge in [-0.05, 0) is 72.0 Å². The van der Waals surface area contributed by atoms with E-state index in [1.54, 1.807) is 41.3 Å². The molecule has 0 aliphatic carbocycles. The number of carboxylic acids is 1. The molecule has 0 unspecified atom stereocenters. The SMILES string of the molecule is N[C@@H](Cc1ccccc1)C(=O)Nc1ccc(C(=O)N2CCc3cc(S(=O)(=O)N4C[C@H](c5ccccc5)NC4=O)ccc32)cc1.O=C(O)C(F)(F)F. The summed E-state index contributed by atoms with van der Waals surface area (Å²) < 4.78 is 59.5. The number of alkyl halides is 3. The van der Waals surface area contributed by atoms with E-state index in [9.17, 15) is 36.0 Å². The maximum Gasteiger partial charge on any atom is 0.490 e. The minimum absolute atomic E-state index is 0.0000210. The van der Waals surface area contributed by atoms with Crippen LogP contribution in [0.5, 0.6) is 0 Å². The molecule has 1 saturated heterocycles. The number of urea groups is 1. The predicted octanol–water partition coefficient (Wildman–Crippen LogP) is 4.49. The molecule has 2 atom stereocenters. The molecule has 4 aromatic carbocycles. The van der Waals surface area contributed by atoms with Gasteiger partial charge >= 0.3 is 18.2 Å². The summed E-state index contributed by atoms with van der Waals surface area (Å²) in [5.74, 6) is -3.33. The first-order valence-corrected chi connectivity index (χ1v) is 16.9. The number of carbonyl (C=O) groups is 4. The third-order valence-electron chi connectivity index (χ3n) is 8.13. The van der Waals surface area contributed by atoms with Gasteiger partial charge in [0, 0.05) is 23.5 Å². The summed E-state index contributed by atoms with van der Waals surface area (Å²) in [6.45, 7) is 0.368. The number of aliphatic carboxylic acids is 1. The molecular weight excluding hydrogens is 691 g/mol. The summed E-state index contributed by atoms with van der Waals surface area (Å²) in [5, 5.41) is 12.7. The Morgan fingerprint density at radius 1 is 0.941 bits per heavy atom. The first-order valence-electron chi connectivity index (χ1n) is 15.5. The van der Waals surface area contributed by atoms with Gasteiger partial charge in [0.1, 0.15) is 0 Å². The van der Waals surface area contributed by atoms with Crippen molar-refractivity contribution in [2.24, 2.45) is 5.73 Å². The van der Waals surface area contributed by atoms with E-state index in [0.717, 1.165) is 15.4 Å². The van der Waals surface area contributed by atoms with Gasteiger partial charge < -0.3 is 26.4 Å². The summed E-state index contributed by atoms with van der Waals surface area (Å²) >= 11 is 0. The number of halogens is 3. The lowest BCUT2D eigenvalue weighted by Gasteiger charge is -2.19. The zero-order valence-electron chi connectivity index (χ0n) is 26.7. The van der Waals surface area contributed by atoms with Crippen LogP contribution in [0.1, 0.15) is 33.1 Å². The average molecular weight is 724 g/mol. The van der Waals surface area contributed by atoms with E-state index in [1.807, 2.05) is 60.7 Å². The molecular formula is C35H32F3N5O7S. The second-order valence-electron chi connectivity index (χ2n) is 11.6. The molecule has 0 aromatic heterocycles. The average Bonchev–Trinajstić information content (AvgIpc) is 3.73. The fourth-order valence-electron chi connectivity index (χ4n) is 5.52. The smallest absolute Gasteiger partial charge is 0.475 e. The molecule has 266 valence electrons. The van der Waals surface area contributed by atoms with Gasteiger partial charge in [0.05, 0.1) is 23.5 Å². The Bertz CT molecular complexity index is 2030. The predicted molar refractivity (Wildman–Crippen MR) is 180 cm³/mol. The number of amides is 4. The van der Waals surface area contributed by atoms with Gasteiger partial charge in [-0.15, -0.1) is 0 Å². The fraction of sp³-hybridized carbons (Fsp3) is 0.200. The Balaban J connectivity index is 0.000000654. The van der Waals surface area contributed by atoms with Crippen LogP contribution in [0.2, 0.25) is 0 Å². The molecule has 0 saturated carbocycles. The normalized spacial score (nSPS) is 16.0. The largest absolute Gasteiger partial charge is 0.490 e. The third-order valence-corrected chi connectivity index (χ3v) is 9.88. The van der Waals surface area contributed by atoms with E-state index in [1.165, 1.54) is 6.07 Å². The molecule has 2 heterocycles. The summed E-state index contributed by atoms with van der Waals surface area (Å²) in [6.07, 6.45) is -4.21. The topological polar surface area (TPSA) is 179 Å². The molecule has 0 radical (unpaired) electrons. The number of hydrogen-bond donors (Lipinski definition) is 4. The molecule has 2 aliphatic heterocycles. The van der Waals surface area contributed by atoms with Crippen molar-refractivity contribution in [2.45, 2.75) is 36.0 Å². The Labute approximate surface area is 290 Å². The second kappa shape index (κ2) is 15.0. The Kier molecular flexibility index (Phi) is 10.8. The lowest BCUT2D eigenvalue weighted by Crippen LogP contribution is -2.37. The summed E-state index contributed by atoms with van der Waals surface area (Å²) in [7, 11) is -4.10. The van der Waals surface area contributed by atoms with Gasteiger partial charge in [-0.2, -0.15) is 13.2 Å². The monoisotopic (exact) mass is 723 g/mol. The van der Waals surface area contributed by atoms with Crippen molar-refractivity contribution in [3.8, 4) is 0 Å². The number of hydrogen-bond acceptors (Lipinski definition) is 7. The lowest BCUT2D eigenvalue weighted by molar-refractivity contribution is -0.192. The highest BCUT2D eigenvalue weighted by Gasteiger charge is 2.40. The van der Waals surface area contributed by atoms with Crippen LogP contribution in [0.3, 0.4) is 0 Å². The number of nitrogens with two attached hydrogens (primary N) is 1. The lowest BCUT2D eigenvalue weighted by atomic mass is 10.1. The van der Waals surface area contributed by atoms with Crippen molar-refractivity contribution in [3.05, 3.63) is 125 Å². The zero-order valence-corrected chi connectivity index (χ0v) is 27.5. The van der Waals surface area contributed by atoms with E-state index >= 15 is 0 Å². The van der Waals surface area contributed by atoms with Crippen LogP contribution in [-0.2, 0) is 32.5 Å². The van der Waals surface area contributed by atoms with Crippen LogP contribution >= 0.6 is 0 Å². The first kappa shape index (κ1) is 36.5. The Morgan fingerprint density at radius 3 is 2.16 bits per heavy atom. The van der Waals surface area contributed by atoms with Crippen LogP contribution in [0.4, 0.5) is 29.3 Å². The van der Waals surface area contributed by atoms with Gasteiger partial charge in [0.15, 0.2) is 0 Å². The second-order valence-corrected chi connectivity index (χ2v) is 13.5. The molecule has 6 rings (SSSR count). The van der Waals surface area contributed by atoms with Gasteiger partial charge in [-0.25, -0.2) is 22.3 Å². The number of benzene rings is 4. The Morgan fingerprint density at radius 2 is 1.55 bits per heavy atom. The summed E-state index contributed by atoms with van der Waals surface area (Å²) in [4.78, 5) is 49.1. The van der Waals surface area contributed by atoms with E-state index in [-0.39, 0.29) is 23.3 Å². The van der Waals surface area contributed by atoms with E-state index in [2.05, 4.69) is 10.6 Å². The minimum Gasteiger partial charge on any atom is -0.475 e. The molecule has 16 heteroatoms. The van der Waals surface area contributed by atoms with Crippen LogP contribution in [0, 0.1) is 0 Å². The molecule has 4 aromatic rings. The van der Waals surface area contributed by atoms with Crippen molar-refractivity contribution < 1.29 is 45.9 Å². The van der Waals surface area contributed by atoms with Gasteiger partial charge in [-0.1, -0.05) is 60.7 Å². The zero-order chi connectivity index (χ0) is 36.9. The first-order chi connectivity index (χ1) is 24.1. The van der Waals surface area contributed by atoms with Gasteiger partial charge in [0.25, 0.3) is 15.9 Å². The van der Waals surface area contributed by atoms with Crippen molar-refractivity contribution in [2.75, 3.05) is 23.3 Å². The van der Waals surface area contributed by atoms with Crippen LogP contribution in [-0.4, -0.2) is 67.0 Å². The number of rotatable bonds is 8. The quantitative estimate of drug-likeness (QED) is 0.205. The minimum atomic E-state index is -5.08. The highest BCUT2D eigenvalue weighted by atomic mass is 32.2. The van der Waals surface area contributed by atoms with Gasteiger partial charge in [-0.3, -0.25) is 9.59 Å². The molecule has 51 heavy (non-hydrogen) atoms. The molecule has 4 amide bonds. The number of anilines is 2. The number of nitrogens with one attached hydrogen (secondary N) is 2. The molecule has 1 fully saturated rings. The molecule has 5 N–H and O–H groups in total. The molecule has 12 nitrogen and oxygen atoms in total. The van der Waals surface area contributed by atoms with Gasteiger partial charge in [0.2, 0.25) is 5.91 Å². The highest BCUT2D eigenvalue weighted by Crippen LogP contribution is 2.34. The van der Waals surface area contributed by atoms with Crippen molar-refractivity contribution >= 4 is 45.2 Å². The van der Waals surface area contributed by atoms with Crippen molar-refractivity contribution in [3.63, 3.8) is 0 Å². The summed E-state index contributed by atoms with van der Waals surface area (Å²) in [6, 6.07) is 28.0. The van der Waals surface area contributed by atoms with E-state index < -0.39 is 40.3 Å². The molecule has 0 bridgehead atoms. The Hall–Kier alpha value is -5.74. The number of carbonyl (C=O) groups excluding carboxylic acids is 3. The molecule has 0 spiro atoms. The highest BCUT2D eigenvalue weighted by molar-refractivity contribution is 7.89. The maximum atomic E-state index is 13.4. The maximum absolute atomic E-state index is 13.4. The van der Waals surface area contributed by atoms with Crippen LogP contribution < -0.4 is 21.3 Å². The van der Waals surface area contributed by atoms with E-state index in [4.69, 9.17) is 15.6 Å². The third kappa shape index (κ3) is 8.53.